The van der Waals surface area contributed by atoms with E-state index < -0.39 is 11.5 Å². The van der Waals surface area contributed by atoms with Crippen molar-refractivity contribution in [2.45, 2.75) is 70.3 Å². The number of amides is 2. The average molecular weight is 298 g/mol. The van der Waals surface area contributed by atoms with Crippen molar-refractivity contribution in [3.63, 3.8) is 0 Å². The Kier molecular flexibility index (Phi) is 7.19. The highest BCUT2D eigenvalue weighted by atomic mass is 16.4. The Morgan fingerprint density at radius 3 is 2.10 bits per heavy atom. The molecule has 21 heavy (non-hydrogen) atoms. The van der Waals surface area contributed by atoms with Crippen LogP contribution in [0.4, 0.5) is 0 Å². The SMILES string of the molecule is CCNC(=O)CCCC(=O)NC1(C(=O)O)CCCCCC1. The summed E-state index contributed by atoms with van der Waals surface area (Å²) in [7, 11) is 0. The Bertz CT molecular complexity index is 374. The van der Waals surface area contributed by atoms with Crippen molar-refractivity contribution in [3.05, 3.63) is 0 Å². The fraction of sp³-hybridized carbons (Fsp3) is 0.800. The zero-order valence-corrected chi connectivity index (χ0v) is 12.7. The van der Waals surface area contributed by atoms with Gasteiger partial charge in [0.2, 0.25) is 11.8 Å². The Morgan fingerprint density at radius 2 is 1.57 bits per heavy atom. The van der Waals surface area contributed by atoms with E-state index in [1.807, 2.05) is 6.92 Å². The molecule has 0 radical (unpaired) electrons. The van der Waals surface area contributed by atoms with Crippen LogP contribution in [0.15, 0.2) is 0 Å². The van der Waals surface area contributed by atoms with Gasteiger partial charge in [-0.05, 0) is 26.2 Å². The maximum absolute atomic E-state index is 12.0. The molecule has 0 heterocycles. The lowest BCUT2D eigenvalue weighted by Crippen LogP contribution is -2.54. The highest BCUT2D eigenvalue weighted by molar-refractivity contribution is 5.87. The third-order valence-corrected chi connectivity index (χ3v) is 3.93. The molecular formula is C15H26N2O4. The van der Waals surface area contributed by atoms with E-state index in [4.69, 9.17) is 0 Å². The number of nitrogens with one attached hydrogen (secondary N) is 2. The molecule has 0 atom stereocenters. The van der Waals surface area contributed by atoms with E-state index in [2.05, 4.69) is 10.6 Å². The van der Waals surface area contributed by atoms with Gasteiger partial charge in [0.25, 0.3) is 0 Å². The van der Waals surface area contributed by atoms with Crippen molar-refractivity contribution in [2.75, 3.05) is 6.54 Å². The van der Waals surface area contributed by atoms with Crippen molar-refractivity contribution in [3.8, 4) is 0 Å². The molecule has 1 aliphatic rings. The van der Waals surface area contributed by atoms with Crippen molar-refractivity contribution < 1.29 is 19.5 Å². The van der Waals surface area contributed by atoms with Gasteiger partial charge in [0.05, 0.1) is 0 Å². The molecule has 0 saturated heterocycles. The van der Waals surface area contributed by atoms with Crippen LogP contribution in [-0.2, 0) is 14.4 Å². The van der Waals surface area contributed by atoms with E-state index in [9.17, 15) is 19.5 Å². The molecule has 2 amide bonds. The van der Waals surface area contributed by atoms with Crippen molar-refractivity contribution in [1.29, 1.82) is 0 Å². The van der Waals surface area contributed by atoms with Gasteiger partial charge in [0.15, 0.2) is 0 Å². The largest absolute Gasteiger partial charge is 0.480 e. The number of carbonyl (C=O) groups excluding carboxylic acids is 2. The van der Waals surface area contributed by atoms with Gasteiger partial charge in [-0.1, -0.05) is 25.7 Å². The van der Waals surface area contributed by atoms with Crippen LogP contribution < -0.4 is 10.6 Å². The maximum atomic E-state index is 12.0. The van der Waals surface area contributed by atoms with Crippen LogP contribution in [0, 0.1) is 0 Å². The molecule has 6 nitrogen and oxygen atoms in total. The molecule has 1 rings (SSSR count). The zero-order chi connectivity index (χ0) is 15.7. The van der Waals surface area contributed by atoms with Crippen molar-refractivity contribution >= 4 is 17.8 Å². The van der Waals surface area contributed by atoms with Crippen molar-refractivity contribution in [1.82, 2.24) is 10.6 Å². The Hall–Kier alpha value is -1.59. The number of carboxylic acid groups (broad SMARTS) is 1. The lowest BCUT2D eigenvalue weighted by molar-refractivity contribution is -0.148. The third-order valence-electron chi connectivity index (χ3n) is 3.93. The Balaban J connectivity index is 2.45. The third kappa shape index (κ3) is 5.73. The first kappa shape index (κ1) is 17.5. The average Bonchev–Trinajstić information content (AvgIpc) is 2.65. The molecule has 0 spiro atoms. The molecule has 6 heteroatoms. The van der Waals surface area contributed by atoms with Crippen molar-refractivity contribution in [2.24, 2.45) is 0 Å². The van der Waals surface area contributed by atoms with Crippen LogP contribution in [0.3, 0.4) is 0 Å². The first-order valence-corrected chi connectivity index (χ1v) is 7.81. The fourth-order valence-corrected chi connectivity index (χ4v) is 2.75. The minimum absolute atomic E-state index is 0.0762. The van der Waals surface area contributed by atoms with E-state index >= 15 is 0 Å². The van der Waals surface area contributed by atoms with E-state index in [0.29, 0.717) is 32.2 Å². The molecule has 0 unspecified atom stereocenters. The summed E-state index contributed by atoms with van der Waals surface area (Å²) in [5, 5.41) is 14.8. The van der Waals surface area contributed by atoms with E-state index in [0.717, 1.165) is 25.7 Å². The van der Waals surface area contributed by atoms with Crippen LogP contribution >= 0.6 is 0 Å². The molecule has 1 fully saturated rings. The van der Waals surface area contributed by atoms with Gasteiger partial charge in [-0.3, -0.25) is 9.59 Å². The molecular weight excluding hydrogens is 272 g/mol. The standard InChI is InChI=1S/C15H26N2O4/c1-2-16-12(18)8-7-9-13(19)17-15(14(20)21)10-5-3-4-6-11-15/h2-11H2,1H3,(H,16,18)(H,17,19)(H,20,21). The zero-order valence-electron chi connectivity index (χ0n) is 12.7. The molecule has 0 aliphatic heterocycles. The Labute approximate surface area is 125 Å². The monoisotopic (exact) mass is 298 g/mol. The second kappa shape index (κ2) is 8.64. The Morgan fingerprint density at radius 1 is 1.00 bits per heavy atom. The first-order valence-electron chi connectivity index (χ1n) is 7.81. The summed E-state index contributed by atoms with van der Waals surface area (Å²) in [6.45, 7) is 2.42. The van der Waals surface area contributed by atoms with Gasteiger partial charge in [-0.25, -0.2) is 4.79 Å². The van der Waals surface area contributed by atoms with E-state index in [-0.39, 0.29) is 18.2 Å². The van der Waals surface area contributed by atoms with Crippen LogP contribution in [-0.4, -0.2) is 35.0 Å². The summed E-state index contributed by atoms with van der Waals surface area (Å²) in [5.41, 5.74) is -1.11. The summed E-state index contributed by atoms with van der Waals surface area (Å²) in [6.07, 6.45) is 5.58. The van der Waals surface area contributed by atoms with Gasteiger partial charge in [-0.15, -0.1) is 0 Å². The van der Waals surface area contributed by atoms with Gasteiger partial charge >= 0.3 is 5.97 Å². The minimum atomic E-state index is -1.11. The molecule has 0 aromatic rings. The number of hydrogen-bond acceptors (Lipinski definition) is 3. The van der Waals surface area contributed by atoms with Crippen LogP contribution in [0.1, 0.15) is 64.7 Å². The summed E-state index contributed by atoms with van der Waals surface area (Å²) >= 11 is 0. The van der Waals surface area contributed by atoms with E-state index in [1.165, 1.54) is 0 Å². The molecule has 0 aromatic heterocycles. The molecule has 1 saturated carbocycles. The number of aliphatic carboxylic acids is 1. The number of hydrogen-bond donors (Lipinski definition) is 3. The van der Waals surface area contributed by atoms with Crippen LogP contribution in [0.5, 0.6) is 0 Å². The molecule has 120 valence electrons. The predicted molar refractivity (Wildman–Crippen MR) is 78.7 cm³/mol. The normalized spacial score (nSPS) is 17.6. The van der Waals surface area contributed by atoms with Gasteiger partial charge in [-0.2, -0.15) is 0 Å². The summed E-state index contributed by atoms with van der Waals surface area (Å²) in [4.78, 5) is 34.8. The van der Waals surface area contributed by atoms with Crippen LogP contribution in [0.2, 0.25) is 0 Å². The highest BCUT2D eigenvalue weighted by Crippen LogP contribution is 2.27. The van der Waals surface area contributed by atoms with Gasteiger partial charge < -0.3 is 15.7 Å². The number of rotatable bonds is 7. The lowest BCUT2D eigenvalue weighted by atomic mass is 9.90. The molecule has 3 N–H and O–H groups in total. The minimum Gasteiger partial charge on any atom is -0.480 e. The second-order valence-electron chi connectivity index (χ2n) is 5.66. The second-order valence-corrected chi connectivity index (χ2v) is 5.66. The quantitative estimate of drug-likeness (QED) is 0.622. The number of carbonyl (C=O) groups is 3. The lowest BCUT2D eigenvalue weighted by Gasteiger charge is -2.29. The fourth-order valence-electron chi connectivity index (χ4n) is 2.75. The maximum Gasteiger partial charge on any atom is 0.329 e. The van der Waals surface area contributed by atoms with E-state index in [1.54, 1.807) is 0 Å². The summed E-state index contributed by atoms with van der Waals surface area (Å²) in [6, 6.07) is 0. The predicted octanol–water partition coefficient (Wildman–Crippen LogP) is 1.59. The smallest absolute Gasteiger partial charge is 0.329 e. The molecule has 1 aliphatic carbocycles. The topological polar surface area (TPSA) is 95.5 Å². The molecule has 0 bridgehead atoms. The summed E-state index contributed by atoms with van der Waals surface area (Å²) in [5.74, 6) is -1.29. The molecule has 0 aromatic carbocycles. The van der Waals surface area contributed by atoms with Gasteiger partial charge in [0.1, 0.15) is 5.54 Å². The van der Waals surface area contributed by atoms with Gasteiger partial charge in [0, 0.05) is 19.4 Å². The van der Waals surface area contributed by atoms with Crippen LogP contribution in [0.25, 0.3) is 0 Å². The highest BCUT2D eigenvalue weighted by Gasteiger charge is 2.39. The number of carboxylic acids is 1. The summed E-state index contributed by atoms with van der Waals surface area (Å²) < 4.78 is 0. The first-order chi connectivity index (χ1) is 10.00.